The Morgan fingerprint density at radius 2 is 1.76 bits per heavy atom. The lowest BCUT2D eigenvalue weighted by Crippen LogP contribution is -2.15. The highest BCUT2D eigenvalue weighted by molar-refractivity contribution is 7.99. The van der Waals surface area contributed by atoms with E-state index in [1.54, 1.807) is 48.5 Å². The second-order valence-corrected chi connectivity index (χ2v) is 8.11. The molecule has 33 heavy (non-hydrogen) atoms. The number of benzene rings is 2. The molecular weight excluding hydrogens is 438 g/mol. The average Bonchev–Trinajstić information content (AvgIpc) is 3.12. The molecule has 4 aromatic rings. The van der Waals surface area contributed by atoms with Gasteiger partial charge in [0.2, 0.25) is 11.6 Å². The maximum absolute atomic E-state index is 12.7. The number of furan rings is 1. The van der Waals surface area contributed by atoms with E-state index in [0.29, 0.717) is 44.6 Å². The van der Waals surface area contributed by atoms with E-state index in [1.165, 1.54) is 0 Å². The van der Waals surface area contributed by atoms with Crippen LogP contribution in [0, 0.1) is 25.2 Å². The quantitative estimate of drug-likeness (QED) is 0.318. The Labute approximate surface area is 194 Å². The first kappa shape index (κ1) is 22.0. The monoisotopic (exact) mass is 457 g/mol. The SMILES string of the molecule is Cc1oc2nc(SCC(=O)Nc3ccc(C#N)cc3)nc(NC(=O)c3ccccc3)c2c1C. The van der Waals surface area contributed by atoms with Gasteiger partial charge in [-0.25, -0.2) is 4.98 Å². The molecule has 0 bridgehead atoms. The zero-order valence-corrected chi connectivity index (χ0v) is 18.7. The van der Waals surface area contributed by atoms with Gasteiger partial charge in [0.15, 0.2) is 5.16 Å². The first-order valence-corrected chi connectivity index (χ1v) is 11.0. The van der Waals surface area contributed by atoms with Crippen molar-refractivity contribution in [2.75, 3.05) is 16.4 Å². The number of nitrogens with zero attached hydrogens (tertiary/aromatic N) is 3. The number of anilines is 2. The zero-order chi connectivity index (χ0) is 23.4. The zero-order valence-electron chi connectivity index (χ0n) is 17.9. The Morgan fingerprint density at radius 3 is 2.45 bits per heavy atom. The second-order valence-electron chi connectivity index (χ2n) is 7.16. The third-order valence-electron chi connectivity index (χ3n) is 4.91. The normalized spacial score (nSPS) is 10.6. The molecule has 8 nitrogen and oxygen atoms in total. The van der Waals surface area contributed by atoms with Crippen LogP contribution in [0.25, 0.3) is 11.1 Å². The van der Waals surface area contributed by atoms with Crippen molar-refractivity contribution in [2.45, 2.75) is 19.0 Å². The number of rotatable bonds is 6. The van der Waals surface area contributed by atoms with Crippen LogP contribution in [0.15, 0.2) is 64.2 Å². The minimum atomic E-state index is -0.302. The number of carbonyl (C=O) groups is 2. The highest BCUT2D eigenvalue weighted by Crippen LogP contribution is 2.31. The van der Waals surface area contributed by atoms with Crippen molar-refractivity contribution in [1.29, 1.82) is 5.26 Å². The average molecular weight is 458 g/mol. The number of thioether (sulfide) groups is 1. The Balaban J connectivity index is 1.53. The lowest BCUT2D eigenvalue weighted by atomic mass is 10.2. The van der Waals surface area contributed by atoms with E-state index < -0.39 is 0 Å². The summed E-state index contributed by atoms with van der Waals surface area (Å²) >= 11 is 1.12. The molecule has 2 N–H and O–H groups in total. The lowest BCUT2D eigenvalue weighted by Gasteiger charge is -2.08. The predicted octanol–water partition coefficient (Wildman–Crippen LogP) is 4.69. The molecule has 0 aliphatic rings. The summed E-state index contributed by atoms with van der Waals surface area (Å²) in [7, 11) is 0. The molecule has 0 fully saturated rings. The summed E-state index contributed by atoms with van der Waals surface area (Å²) in [6.45, 7) is 3.69. The molecule has 0 aliphatic carbocycles. The van der Waals surface area contributed by atoms with Crippen LogP contribution in [0.3, 0.4) is 0 Å². The van der Waals surface area contributed by atoms with Crippen molar-refractivity contribution in [1.82, 2.24) is 9.97 Å². The molecular formula is C24H19N5O3S. The van der Waals surface area contributed by atoms with Gasteiger partial charge in [0.05, 0.1) is 22.8 Å². The summed E-state index contributed by atoms with van der Waals surface area (Å²) in [4.78, 5) is 34.0. The minimum Gasteiger partial charge on any atom is -0.443 e. The molecule has 0 unspecified atom stereocenters. The van der Waals surface area contributed by atoms with Gasteiger partial charge >= 0.3 is 0 Å². The molecule has 0 saturated heterocycles. The van der Waals surface area contributed by atoms with Crippen LogP contribution < -0.4 is 10.6 Å². The van der Waals surface area contributed by atoms with Crippen LogP contribution in [0.4, 0.5) is 11.5 Å². The second kappa shape index (κ2) is 9.54. The summed E-state index contributed by atoms with van der Waals surface area (Å²) in [5.41, 5.74) is 2.78. The van der Waals surface area contributed by atoms with Gasteiger partial charge in [0.1, 0.15) is 11.6 Å². The van der Waals surface area contributed by atoms with E-state index in [4.69, 9.17) is 9.68 Å². The highest BCUT2D eigenvalue weighted by Gasteiger charge is 2.19. The van der Waals surface area contributed by atoms with Gasteiger partial charge in [0, 0.05) is 16.8 Å². The topological polar surface area (TPSA) is 121 Å². The van der Waals surface area contributed by atoms with Crippen LogP contribution in [-0.4, -0.2) is 27.5 Å². The first-order valence-electron chi connectivity index (χ1n) is 10.0. The number of hydrogen-bond donors (Lipinski definition) is 2. The molecule has 164 valence electrons. The van der Waals surface area contributed by atoms with Gasteiger partial charge < -0.3 is 15.1 Å². The molecule has 0 spiro atoms. The number of carbonyl (C=O) groups excluding carboxylic acids is 2. The molecule has 0 atom stereocenters. The molecule has 2 aromatic heterocycles. The smallest absolute Gasteiger partial charge is 0.256 e. The maximum Gasteiger partial charge on any atom is 0.256 e. The summed E-state index contributed by atoms with van der Waals surface area (Å²) in [5.74, 6) is 0.503. The van der Waals surface area contributed by atoms with Crippen LogP contribution in [0.2, 0.25) is 0 Å². The molecule has 0 aliphatic heterocycles. The van der Waals surface area contributed by atoms with Crippen LogP contribution in [-0.2, 0) is 4.79 Å². The Bertz CT molecular complexity index is 1380. The number of amides is 2. The van der Waals surface area contributed by atoms with E-state index in [-0.39, 0.29) is 17.6 Å². The van der Waals surface area contributed by atoms with Crippen molar-refractivity contribution in [2.24, 2.45) is 0 Å². The predicted molar refractivity (Wildman–Crippen MR) is 126 cm³/mol. The number of aromatic nitrogens is 2. The fourth-order valence-corrected chi connectivity index (χ4v) is 3.75. The van der Waals surface area contributed by atoms with E-state index in [1.807, 2.05) is 26.0 Å². The molecule has 9 heteroatoms. The summed E-state index contributed by atoms with van der Waals surface area (Å²) in [5, 5.41) is 15.4. The Kier molecular flexibility index (Phi) is 6.38. The number of hydrogen-bond acceptors (Lipinski definition) is 7. The van der Waals surface area contributed by atoms with Crippen LogP contribution in [0.5, 0.6) is 0 Å². The number of aryl methyl sites for hydroxylation is 2. The molecule has 2 aromatic carbocycles. The number of nitriles is 1. The summed E-state index contributed by atoms with van der Waals surface area (Å²) in [6.07, 6.45) is 0. The van der Waals surface area contributed by atoms with E-state index in [2.05, 4.69) is 20.6 Å². The Hall–Kier alpha value is -4.16. The Morgan fingerprint density at radius 1 is 1.03 bits per heavy atom. The summed E-state index contributed by atoms with van der Waals surface area (Å²) in [6, 6.07) is 17.4. The maximum atomic E-state index is 12.7. The van der Waals surface area contributed by atoms with E-state index >= 15 is 0 Å². The molecule has 2 heterocycles. The van der Waals surface area contributed by atoms with E-state index in [9.17, 15) is 9.59 Å². The fraction of sp³-hybridized carbons (Fsp3) is 0.125. The van der Waals surface area contributed by atoms with E-state index in [0.717, 1.165) is 17.3 Å². The van der Waals surface area contributed by atoms with Gasteiger partial charge in [-0.2, -0.15) is 10.2 Å². The molecule has 4 rings (SSSR count). The molecule has 2 amide bonds. The highest BCUT2D eigenvalue weighted by atomic mass is 32.2. The lowest BCUT2D eigenvalue weighted by molar-refractivity contribution is -0.113. The van der Waals surface area contributed by atoms with Crippen molar-refractivity contribution < 1.29 is 14.0 Å². The number of fused-ring (bicyclic) bond motifs is 1. The van der Waals surface area contributed by atoms with Crippen molar-refractivity contribution >= 4 is 46.2 Å². The summed E-state index contributed by atoms with van der Waals surface area (Å²) < 4.78 is 5.75. The minimum absolute atomic E-state index is 0.0518. The first-order chi connectivity index (χ1) is 15.9. The van der Waals surface area contributed by atoms with Gasteiger partial charge in [-0.05, 0) is 50.2 Å². The van der Waals surface area contributed by atoms with Crippen molar-refractivity contribution in [3.05, 3.63) is 77.0 Å². The fourth-order valence-electron chi connectivity index (χ4n) is 3.11. The number of nitrogens with one attached hydrogen (secondary N) is 2. The van der Waals surface area contributed by atoms with Crippen LogP contribution in [0.1, 0.15) is 27.2 Å². The van der Waals surface area contributed by atoms with Crippen LogP contribution >= 0.6 is 11.8 Å². The van der Waals surface area contributed by atoms with Gasteiger partial charge in [-0.15, -0.1) is 0 Å². The largest absolute Gasteiger partial charge is 0.443 e. The van der Waals surface area contributed by atoms with Crippen molar-refractivity contribution in [3.63, 3.8) is 0 Å². The molecule has 0 saturated carbocycles. The standard InChI is InChI=1S/C24H19N5O3S/c1-14-15(2)32-23-20(14)21(27-22(31)17-6-4-3-5-7-17)28-24(29-23)33-13-19(30)26-18-10-8-16(12-25)9-11-18/h3-11H,13H2,1-2H3,(H,26,30)(H,27,28,29,31). The third kappa shape index (κ3) is 5.02. The van der Waals surface area contributed by atoms with Gasteiger partial charge in [-0.1, -0.05) is 30.0 Å². The van der Waals surface area contributed by atoms with Gasteiger partial charge in [-0.3, -0.25) is 9.59 Å². The van der Waals surface area contributed by atoms with Gasteiger partial charge in [0.25, 0.3) is 5.91 Å². The van der Waals surface area contributed by atoms with Crippen molar-refractivity contribution in [3.8, 4) is 6.07 Å². The third-order valence-corrected chi connectivity index (χ3v) is 5.75. The molecule has 0 radical (unpaired) electrons.